The molecule has 0 atom stereocenters. The molecule has 2 fully saturated rings. The number of pyridine rings is 1. The lowest BCUT2D eigenvalue weighted by atomic mass is 10.1. The Morgan fingerprint density at radius 3 is 2.72 bits per heavy atom. The van der Waals surface area contributed by atoms with Gasteiger partial charge in [0, 0.05) is 50.0 Å². The molecule has 29 heavy (non-hydrogen) atoms. The Bertz CT molecular complexity index is 1000. The molecule has 152 valence electrons. The van der Waals surface area contributed by atoms with Crippen LogP contribution in [0, 0.1) is 6.92 Å². The highest BCUT2D eigenvalue weighted by atomic mass is 16.5. The summed E-state index contributed by atoms with van der Waals surface area (Å²) in [5.74, 6) is 0.573. The first-order chi connectivity index (χ1) is 14.2. The topological polar surface area (TPSA) is 64.8 Å². The number of fused-ring (bicyclic) bond motifs is 1. The third-order valence-electron chi connectivity index (χ3n) is 5.77. The van der Waals surface area contributed by atoms with Crippen LogP contribution in [-0.4, -0.2) is 59.6 Å². The number of hydrogen-bond donors (Lipinski definition) is 0. The van der Waals surface area contributed by atoms with Crippen LogP contribution in [-0.2, 0) is 15.9 Å². The molecular formula is C22H27N5O2. The van der Waals surface area contributed by atoms with Gasteiger partial charge >= 0.3 is 0 Å². The lowest BCUT2D eigenvalue weighted by molar-refractivity contribution is 0.123. The highest BCUT2D eigenvalue weighted by molar-refractivity contribution is 5.75. The number of nitrogens with zero attached hydrogens (tertiary/aromatic N) is 5. The van der Waals surface area contributed by atoms with Gasteiger partial charge in [-0.05, 0) is 38.0 Å². The highest BCUT2D eigenvalue weighted by Gasteiger charge is 2.29. The SMILES string of the molecule is COCCc1ccc(-c2c(C)nc3c(N4CCOCC4)cc(C4CC4)nn23)cn1. The Balaban J connectivity index is 1.60. The fourth-order valence-corrected chi connectivity index (χ4v) is 4.00. The third kappa shape index (κ3) is 3.60. The van der Waals surface area contributed by atoms with Crippen molar-refractivity contribution < 1.29 is 9.47 Å². The molecule has 0 aromatic carbocycles. The van der Waals surface area contributed by atoms with Crippen LogP contribution >= 0.6 is 0 Å². The number of morpholine rings is 1. The van der Waals surface area contributed by atoms with E-state index in [2.05, 4.69) is 35.0 Å². The molecular weight excluding hydrogens is 366 g/mol. The first-order valence-corrected chi connectivity index (χ1v) is 10.4. The van der Waals surface area contributed by atoms with Gasteiger partial charge in [-0.1, -0.05) is 0 Å². The predicted molar refractivity (Wildman–Crippen MR) is 112 cm³/mol. The Kier molecular flexibility index (Phi) is 4.93. The summed E-state index contributed by atoms with van der Waals surface area (Å²) in [4.78, 5) is 11.9. The molecule has 3 aromatic heterocycles. The standard InChI is InChI=1S/C22H27N5O2/c1-15-21(17-5-6-18(23-14-17)7-10-28-2)27-22(24-15)20(26-8-11-29-12-9-26)13-19(25-27)16-3-4-16/h5-6,13-14,16H,3-4,7-12H2,1-2H3. The van der Waals surface area contributed by atoms with Gasteiger partial charge in [-0.2, -0.15) is 5.10 Å². The summed E-state index contributed by atoms with van der Waals surface area (Å²) >= 11 is 0. The largest absolute Gasteiger partial charge is 0.384 e. The van der Waals surface area contributed by atoms with Gasteiger partial charge in [0.1, 0.15) is 0 Å². The van der Waals surface area contributed by atoms with Crippen LogP contribution in [0.25, 0.3) is 16.9 Å². The predicted octanol–water partition coefficient (Wildman–Crippen LogP) is 3.00. The fourth-order valence-electron chi connectivity index (χ4n) is 4.00. The van der Waals surface area contributed by atoms with E-state index in [9.17, 15) is 0 Å². The second-order valence-corrected chi connectivity index (χ2v) is 7.89. The first-order valence-electron chi connectivity index (χ1n) is 10.4. The minimum atomic E-state index is 0.573. The van der Waals surface area contributed by atoms with Crippen LogP contribution in [0.5, 0.6) is 0 Å². The molecule has 3 aromatic rings. The summed E-state index contributed by atoms with van der Waals surface area (Å²) in [5.41, 5.74) is 7.35. The van der Waals surface area contributed by atoms with Crippen molar-refractivity contribution in [2.75, 3.05) is 44.9 Å². The molecule has 0 bridgehead atoms. The average Bonchev–Trinajstić information content (AvgIpc) is 3.55. The van der Waals surface area contributed by atoms with E-state index in [4.69, 9.17) is 19.6 Å². The third-order valence-corrected chi connectivity index (χ3v) is 5.77. The van der Waals surface area contributed by atoms with Crippen molar-refractivity contribution in [1.29, 1.82) is 0 Å². The molecule has 1 aliphatic carbocycles. The summed E-state index contributed by atoms with van der Waals surface area (Å²) in [5, 5.41) is 5.01. The van der Waals surface area contributed by atoms with Crippen LogP contribution in [0.15, 0.2) is 24.4 Å². The van der Waals surface area contributed by atoms with Gasteiger partial charge in [0.15, 0.2) is 5.65 Å². The van der Waals surface area contributed by atoms with Crippen LogP contribution in [0.3, 0.4) is 0 Å². The molecule has 2 aliphatic rings. The van der Waals surface area contributed by atoms with E-state index in [1.54, 1.807) is 7.11 Å². The van der Waals surface area contributed by atoms with E-state index in [1.165, 1.54) is 24.2 Å². The zero-order chi connectivity index (χ0) is 19.8. The zero-order valence-electron chi connectivity index (χ0n) is 17.1. The number of aryl methyl sites for hydroxylation is 1. The molecule has 7 nitrogen and oxygen atoms in total. The molecule has 0 amide bonds. The summed E-state index contributed by atoms with van der Waals surface area (Å²) < 4.78 is 12.8. The minimum absolute atomic E-state index is 0.573. The van der Waals surface area contributed by atoms with Gasteiger partial charge in [-0.3, -0.25) is 4.98 Å². The summed E-state index contributed by atoms with van der Waals surface area (Å²) in [7, 11) is 1.71. The van der Waals surface area contributed by atoms with E-state index in [0.29, 0.717) is 12.5 Å². The number of aromatic nitrogens is 4. The van der Waals surface area contributed by atoms with Gasteiger partial charge in [-0.25, -0.2) is 9.50 Å². The summed E-state index contributed by atoms with van der Waals surface area (Å²) in [6, 6.07) is 6.44. The maximum atomic E-state index is 5.56. The molecule has 1 aliphatic heterocycles. The Morgan fingerprint density at radius 2 is 2.03 bits per heavy atom. The second kappa shape index (κ2) is 7.72. The molecule has 1 saturated carbocycles. The van der Waals surface area contributed by atoms with E-state index in [1.807, 2.05) is 10.7 Å². The van der Waals surface area contributed by atoms with Crippen molar-refractivity contribution in [3.05, 3.63) is 41.5 Å². The molecule has 7 heteroatoms. The van der Waals surface area contributed by atoms with Gasteiger partial charge in [0.25, 0.3) is 0 Å². The molecule has 4 heterocycles. The molecule has 0 radical (unpaired) electrons. The van der Waals surface area contributed by atoms with Crippen molar-refractivity contribution >= 4 is 11.3 Å². The van der Waals surface area contributed by atoms with E-state index in [0.717, 1.165) is 61.0 Å². The first kappa shape index (κ1) is 18.5. The van der Waals surface area contributed by atoms with Gasteiger partial charge in [-0.15, -0.1) is 0 Å². The van der Waals surface area contributed by atoms with Crippen LogP contribution in [0.2, 0.25) is 0 Å². The van der Waals surface area contributed by atoms with E-state index >= 15 is 0 Å². The summed E-state index contributed by atoms with van der Waals surface area (Å²) in [6.45, 7) is 6.03. The smallest absolute Gasteiger partial charge is 0.178 e. The summed E-state index contributed by atoms with van der Waals surface area (Å²) in [6.07, 6.45) is 5.19. The second-order valence-electron chi connectivity index (χ2n) is 7.89. The zero-order valence-corrected chi connectivity index (χ0v) is 17.1. The molecule has 0 N–H and O–H groups in total. The molecule has 1 saturated heterocycles. The van der Waals surface area contributed by atoms with Crippen LogP contribution < -0.4 is 4.90 Å². The van der Waals surface area contributed by atoms with Gasteiger partial charge in [0.2, 0.25) is 0 Å². The number of hydrogen-bond acceptors (Lipinski definition) is 6. The fraction of sp³-hybridized carbons (Fsp3) is 0.500. The number of anilines is 1. The maximum absolute atomic E-state index is 5.56. The maximum Gasteiger partial charge on any atom is 0.178 e. The van der Waals surface area contributed by atoms with Gasteiger partial charge < -0.3 is 14.4 Å². The average molecular weight is 393 g/mol. The highest BCUT2D eigenvalue weighted by Crippen LogP contribution is 2.41. The normalized spacial score (nSPS) is 17.2. The Morgan fingerprint density at radius 1 is 1.21 bits per heavy atom. The number of rotatable bonds is 6. The minimum Gasteiger partial charge on any atom is -0.384 e. The van der Waals surface area contributed by atoms with Crippen molar-refractivity contribution in [2.45, 2.75) is 32.1 Å². The van der Waals surface area contributed by atoms with Gasteiger partial charge in [0.05, 0.1) is 42.6 Å². The molecule has 0 spiro atoms. The van der Waals surface area contributed by atoms with E-state index < -0.39 is 0 Å². The van der Waals surface area contributed by atoms with Crippen molar-refractivity contribution in [3.63, 3.8) is 0 Å². The number of methoxy groups -OCH3 is 1. The lowest BCUT2D eigenvalue weighted by Gasteiger charge is -2.29. The number of imidazole rings is 1. The van der Waals surface area contributed by atoms with Crippen molar-refractivity contribution in [1.82, 2.24) is 19.6 Å². The monoisotopic (exact) mass is 393 g/mol. The van der Waals surface area contributed by atoms with Crippen LogP contribution in [0.1, 0.15) is 35.8 Å². The quantitative estimate of drug-likeness (QED) is 0.641. The molecule has 0 unspecified atom stereocenters. The lowest BCUT2D eigenvalue weighted by Crippen LogP contribution is -2.36. The van der Waals surface area contributed by atoms with Crippen molar-refractivity contribution in [2.24, 2.45) is 0 Å². The Labute approximate surface area is 170 Å². The number of ether oxygens (including phenoxy) is 2. The van der Waals surface area contributed by atoms with Crippen LogP contribution in [0.4, 0.5) is 5.69 Å². The molecule has 5 rings (SSSR count). The van der Waals surface area contributed by atoms with E-state index in [-0.39, 0.29) is 0 Å². The Hall–Kier alpha value is -2.51. The van der Waals surface area contributed by atoms with Crippen molar-refractivity contribution in [3.8, 4) is 11.3 Å².